The molecular formula is C32H69ClO6P4Tc4. The zero-order valence-corrected chi connectivity index (χ0v) is 42.4. The zero-order valence-electron chi connectivity index (χ0n) is 30.6. The third-order valence-electron chi connectivity index (χ3n) is 6.87. The van der Waals surface area contributed by atoms with Crippen LogP contribution in [0.15, 0.2) is 0 Å². The third kappa shape index (κ3) is 32.3. The fourth-order valence-corrected chi connectivity index (χ4v) is 21.7. The first-order valence-corrected chi connectivity index (χ1v) is 31.1. The van der Waals surface area contributed by atoms with Crippen molar-refractivity contribution in [3.8, 4) is 0 Å². The fourth-order valence-electron chi connectivity index (χ4n) is 5.14. The summed E-state index contributed by atoms with van der Waals surface area (Å²) < 4.78 is 46.2. The van der Waals surface area contributed by atoms with Gasteiger partial charge >= 0.3 is 316 Å². The second-order valence-electron chi connectivity index (χ2n) is 11.2. The molecule has 4 atom stereocenters. The molecule has 15 heteroatoms. The number of halogens is 1. The van der Waals surface area contributed by atoms with E-state index in [0.29, 0.717) is 23.4 Å². The summed E-state index contributed by atoms with van der Waals surface area (Å²) in [5.41, 5.74) is 0. The van der Waals surface area contributed by atoms with Crippen LogP contribution in [0.3, 0.4) is 0 Å². The molecule has 0 spiro atoms. The number of hydrogen-bond acceptors (Lipinski definition) is 6. The Morgan fingerprint density at radius 2 is 0.553 bits per heavy atom. The van der Waals surface area contributed by atoms with Crippen LogP contribution in [-0.4, -0.2) is 77.3 Å². The second kappa shape index (κ2) is 38.6. The monoisotopic (exact) mass is 1100 g/mol. The molecule has 0 aromatic carbocycles. The van der Waals surface area contributed by atoms with E-state index >= 15 is 0 Å². The van der Waals surface area contributed by atoms with E-state index in [4.69, 9.17) is 28.1 Å². The maximum atomic E-state index is 8.60. The Morgan fingerprint density at radius 1 is 0.426 bits per heavy atom. The van der Waals surface area contributed by atoms with Crippen molar-refractivity contribution in [2.75, 3.05) is 49.3 Å². The molecule has 0 rings (SSSR count). The van der Waals surface area contributed by atoms with Gasteiger partial charge in [-0.1, -0.05) is 0 Å². The van der Waals surface area contributed by atoms with Crippen LogP contribution in [0.25, 0.3) is 0 Å². The van der Waals surface area contributed by atoms with Gasteiger partial charge in [-0.05, 0) is 0 Å². The molecule has 0 saturated heterocycles. The number of rotatable bonds is 28. The van der Waals surface area contributed by atoms with Crippen LogP contribution in [-0.2, 0) is 85.1 Å². The number of ether oxygens (including phenoxy) is 2. The Kier molecular flexibility index (Phi) is 45.8. The Hall–Kier alpha value is 4.37. The molecule has 4 unspecified atom stereocenters. The largest absolute Gasteiger partial charge is 0.183 e. The van der Waals surface area contributed by atoms with E-state index in [9.17, 15) is 0 Å². The molecule has 0 radical (unpaired) electrons. The molecule has 0 aliphatic carbocycles. The third-order valence-corrected chi connectivity index (χ3v) is 24.7. The van der Waals surface area contributed by atoms with Crippen molar-refractivity contribution in [1.82, 2.24) is 0 Å². The van der Waals surface area contributed by atoms with Gasteiger partial charge in [-0.3, -0.25) is 0 Å². The molecule has 288 valence electrons. The van der Waals surface area contributed by atoms with Crippen LogP contribution < -0.4 is 14.0 Å². The maximum absolute atomic E-state index is 8.60. The summed E-state index contributed by atoms with van der Waals surface area (Å²) in [7, 11) is -4.41. The van der Waals surface area contributed by atoms with E-state index in [1.165, 1.54) is 120 Å². The minimum absolute atomic E-state index is 0.0714. The van der Waals surface area contributed by atoms with Crippen molar-refractivity contribution in [3.05, 3.63) is 0 Å². The van der Waals surface area contributed by atoms with Crippen molar-refractivity contribution >= 4 is 31.7 Å². The molecule has 0 amide bonds. The molecule has 0 aromatic rings. The number of hydrogen-bond donors (Lipinski definition) is 1. The Labute approximate surface area is 341 Å². The van der Waals surface area contributed by atoms with Crippen molar-refractivity contribution in [2.45, 2.75) is 150 Å². The van der Waals surface area contributed by atoms with Gasteiger partial charge in [0.15, 0.2) is 0 Å². The van der Waals surface area contributed by atoms with E-state index in [1.807, 2.05) is 0 Å². The van der Waals surface area contributed by atoms with E-state index in [0.717, 1.165) is 0 Å². The molecular weight excluding hydrogens is 1030 g/mol. The summed E-state index contributed by atoms with van der Waals surface area (Å²) in [4.78, 5) is 4.71. The van der Waals surface area contributed by atoms with Crippen molar-refractivity contribution in [2.24, 2.45) is 0 Å². The summed E-state index contributed by atoms with van der Waals surface area (Å²) in [5.74, 6) is 2.16. The molecule has 0 bridgehead atoms. The average molecular weight is 1100 g/mol. The topological polar surface area (TPSA) is 108 Å². The van der Waals surface area contributed by atoms with Crippen LogP contribution in [0.2, 0.25) is 19.7 Å². The predicted octanol–water partition coefficient (Wildman–Crippen LogP) is 8.25. The van der Waals surface area contributed by atoms with Gasteiger partial charge in [0.1, 0.15) is 0 Å². The molecule has 6 nitrogen and oxygen atoms in total. The molecule has 0 aromatic heterocycles. The molecule has 0 aliphatic rings. The summed E-state index contributed by atoms with van der Waals surface area (Å²) in [6.45, 7) is 18.6. The van der Waals surface area contributed by atoms with E-state index in [-0.39, 0.29) is 31.7 Å². The Balaban J connectivity index is -0.000000719. The van der Waals surface area contributed by atoms with Crippen LogP contribution in [0.5, 0.6) is 0 Å². The van der Waals surface area contributed by atoms with Gasteiger partial charge in [0.2, 0.25) is 0 Å². The normalized spacial score (nSPS) is 14.6. The maximum Gasteiger partial charge on any atom is 0.0777 e. The minimum Gasteiger partial charge on any atom is -0.183 e. The van der Waals surface area contributed by atoms with Gasteiger partial charge in [0, 0.05) is 0 Å². The van der Waals surface area contributed by atoms with Crippen LogP contribution in [0, 0.1) is 10.2 Å². The standard InChI is InChI=1S/2C16H34OP2.ClHO4.4Tc/c2*1-7-11-18(12-8-2)15(5)17-16(6)19(13-9-3)14-10-4;2-1(3,4)5;;;;/h2*15-16H,5-14H2,1-4H3;(H,2,3,4,5);;;;. The quantitative estimate of drug-likeness (QED) is 0.0792. The second-order valence-corrected chi connectivity index (χ2v) is 25.7. The van der Waals surface area contributed by atoms with Gasteiger partial charge < -0.3 is 0 Å². The van der Waals surface area contributed by atoms with E-state index in [1.54, 1.807) is 0 Å². The van der Waals surface area contributed by atoms with Crippen LogP contribution in [0.4, 0.5) is 0 Å². The smallest absolute Gasteiger partial charge is 0.0777 e. The van der Waals surface area contributed by atoms with Gasteiger partial charge in [-0.25, -0.2) is 0 Å². The summed E-state index contributed by atoms with van der Waals surface area (Å²) in [5, 5.41) is 0. The molecule has 0 saturated carbocycles. The van der Waals surface area contributed by atoms with Gasteiger partial charge in [-0.15, -0.1) is 0 Å². The van der Waals surface area contributed by atoms with Crippen LogP contribution in [0.1, 0.15) is 107 Å². The van der Waals surface area contributed by atoms with Crippen LogP contribution >= 0.6 is 31.7 Å². The summed E-state index contributed by atoms with van der Waals surface area (Å²) >= 11 is 10.2. The predicted molar refractivity (Wildman–Crippen MR) is 188 cm³/mol. The van der Waals surface area contributed by atoms with Gasteiger partial charge in [-0.2, -0.15) is 14.0 Å². The Morgan fingerprint density at radius 3 is 0.638 bits per heavy atom. The molecule has 0 fully saturated rings. The van der Waals surface area contributed by atoms with E-state index < -0.39 is 10.2 Å². The molecule has 0 aliphatic heterocycles. The van der Waals surface area contributed by atoms with Crippen molar-refractivity contribution < 1.29 is 114 Å². The molecule has 47 heavy (non-hydrogen) atoms. The first-order chi connectivity index (χ1) is 22.4. The van der Waals surface area contributed by atoms with Gasteiger partial charge in [0.25, 0.3) is 0 Å². The molecule has 0 heterocycles. The van der Waals surface area contributed by atoms with E-state index in [2.05, 4.69) is 131 Å². The average Bonchev–Trinajstić information content (AvgIpc) is 3.02. The SMILES string of the molecule is CCCP(CCC)C([CH2][Tc])OC([CH2][Tc])P(CCC)CCC.CCCP(CCC)C([CH2][Tc])OC([CH2][Tc])P(CCC)CCC.[O-][Cl+3]([O-])([O-])O. The fraction of sp³-hybridized carbons (Fsp3) is 1.00. The van der Waals surface area contributed by atoms with Crippen molar-refractivity contribution in [1.29, 1.82) is 0 Å². The first-order valence-electron chi connectivity index (χ1n) is 17.5. The zero-order chi connectivity index (χ0) is 36.7. The summed E-state index contributed by atoms with van der Waals surface area (Å²) in [6, 6.07) is 0. The van der Waals surface area contributed by atoms with Gasteiger partial charge in [0.05, 0.1) is 14.9 Å². The Bertz CT molecular complexity index is 533. The van der Waals surface area contributed by atoms with Crippen molar-refractivity contribution in [3.63, 3.8) is 0 Å². The summed E-state index contributed by atoms with van der Waals surface area (Å²) in [6.07, 6.45) is 21.7. The molecule has 1 N–H and O–H groups in total. The first kappa shape index (κ1) is 55.7. The minimum atomic E-state index is -4.69.